The third-order valence-corrected chi connectivity index (χ3v) is 2.79. The number of hydrogen-bond donors (Lipinski definition) is 1. The second-order valence-electron chi connectivity index (χ2n) is 4.44. The molecule has 1 aromatic heterocycles. The van der Waals surface area contributed by atoms with Gasteiger partial charge in [0.25, 0.3) is 0 Å². The Morgan fingerprint density at radius 2 is 2.29 bits per heavy atom. The van der Waals surface area contributed by atoms with Gasteiger partial charge in [-0.1, -0.05) is 13.3 Å². The zero-order valence-corrected chi connectivity index (χ0v) is 11.1. The minimum atomic E-state index is 0.509. The fraction of sp³-hybridized carbons (Fsp3) is 0.714. The summed E-state index contributed by atoms with van der Waals surface area (Å²) in [5, 5.41) is 3.46. The number of hydrogen-bond acceptors (Lipinski definition) is 3. The van der Waals surface area contributed by atoms with E-state index in [9.17, 15) is 0 Å². The SMILES string of the molecule is CCCCOCCNC(C)CCc1ccco1. The molecule has 0 fully saturated rings. The Labute approximate surface area is 105 Å². The van der Waals surface area contributed by atoms with E-state index in [4.69, 9.17) is 9.15 Å². The zero-order chi connectivity index (χ0) is 12.3. The second kappa shape index (κ2) is 9.25. The number of unbranched alkanes of at least 4 members (excludes halogenated alkanes) is 1. The highest BCUT2D eigenvalue weighted by Gasteiger charge is 2.03. The molecular formula is C14H25NO2. The molecule has 0 amide bonds. The van der Waals surface area contributed by atoms with Crippen molar-refractivity contribution in [2.24, 2.45) is 0 Å². The van der Waals surface area contributed by atoms with Gasteiger partial charge in [-0.05, 0) is 31.9 Å². The van der Waals surface area contributed by atoms with Crippen molar-refractivity contribution in [3.05, 3.63) is 24.2 Å². The van der Waals surface area contributed by atoms with Gasteiger partial charge in [0.05, 0.1) is 12.9 Å². The predicted octanol–water partition coefficient (Wildman–Crippen LogP) is 3.01. The lowest BCUT2D eigenvalue weighted by Crippen LogP contribution is -2.29. The molecule has 0 aliphatic carbocycles. The van der Waals surface area contributed by atoms with Crippen molar-refractivity contribution in [3.8, 4) is 0 Å². The molecule has 0 aliphatic heterocycles. The van der Waals surface area contributed by atoms with Gasteiger partial charge in [-0.3, -0.25) is 0 Å². The lowest BCUT2D eigenvalue weighted by atomic mass is 10.1. The molecular weight excluding hydrogens is 214 g/mol. The molecule has 1 heterocycles. The van der Waals surface area contributed by atoms with E-state index < -0.39 is 0 Å². The molecule has 3 heteroatoms. The minimum Gasteiger partial charge on any atom is -0.469 e. The monoisotopic (exact) mass is 239 g/mol. The van der Waals surface area contributed by atoms with Crippen LogP contribution in [-0.2, 0) is 11.2 Å². The summed E-state index contributed by atoms with van der Waals surface area (Å²) < 4.78 is 10.8. The van der Waals surface area contributed by atoms with Gasteiger partial charge in [-0.2, -0.15) is 0 Å². The van der Waals surface area contributed by atoms with E-state index in [-0.39, 0.29) is 0 Å². The van der Waals surface area contributed by atoms with Crippen LogP contribution in [0.25, 0.3) is 0 Å². The van der Waals surface area contributed by atoms with Crippen LogP contribution >= 0.6 is 0 Å². The van der Waals surface area contributed by atoms with Gasteiger partial charge in [0.1, 0.15) is 5.76 Å². The Morgan fingerprint density at radius 3 is 3.00 bits per heavy atom. The van der Waals surface area contributed by atoms with Crippen LogP contribution in [0.3, 0.4) is 0 Å². The number of ether oxygens (including phenoxy) is 1. The minimum absolute atomic E-state index is 0.509. The smallest absolute Gasteiger partial charge is 0.103 e. The summed E-state index contributed by atoms with van der Waals surface area (Å²) in [6, 6.07) is 4.48. The Hall–Kier alpha value is -0.800. The average Bonchev–Trinajstić information content (AvgIpc) is 2.84. The number of nitrogens with one attached hydrogen (secondary N) is 1. The van der Waals surface area contributed by atoms with Crippen molar-refractivity contribution in [2.45, 2.75) is 45.6 Å². The maximum atomic E-state index is 5.49. The van der Waals surface area contributed by atoms with Gasteiger partial charge in [0.15, 0.2) is 0 Å². The van der Waals surface area contributed by atoms with Gasteiger partial charge in [0.2, 0.25) is 0 Å². The normalized spacial score (nSPS) is 12.8. The maximum absolute atomic E-state index is 5.49. The van der Waals surface area contributed by atoms with E-state index in [1.54, 1.807) is 6.26 Å². The van der Waals surface area contributed by atoms with E-state index in [2.05, 4.69) is 19.2 Å². The number of aryl methyl sites for hydroxylation is 1. The third kappa shape index (κ3) is 7.18. The molecule has 0 saturated heterocycles. The van der Waals surface area contributed by atoms with Crippen LogP contribution in [0, 0.1) is 0 Å². The van der Waals surface area contributed by atoms with Crippen LogP contribution in [0.4, 0.5) is 0 Å². The molecule has 0 aliphatic rings. The molecule has 1 aromatic rings. The third-order valence-electron chi connectivity index (χ3n) is 2.79. The lowest BCUT2D eigenvalue weighted by Gasteiger charge is -2.13. The van der Waals surface area contributed by atoms with Gasteiger partial charge in [-0.25, -0.2) is 0 Å². The van der Waals surface area contributed by atoms with Gasteiger partial charge in [0, 0.05) is 25.6 Å². The van der Waals surface area contributed by atoms with Crippen molar-refractivity contribution in [1.29, 1.82) is 0 Å². The first-order valence-corrected chi connectivity index (χ1v) is 6.66. The van der Waals surface area contributed by atoms with E-state index in [1.165, 1.54) is 6.42 Å². The van der Waals surface area contributed by atoms with E-state index >= 15 is 0 Å². The first-order valence-electron chi connectivity index (χ1n) is 6.66. The van der Waals surface area contributed by atoms with E-state index in [0.717, 1.165) is 44.8 Å². The topological polar surface area (TPSA) is 34.4 Å². The first-order chi connectivity index (χ1) is 8.33. The Morgan fingerprint density at radius 1 is 1.41 bits per heavy atom. The summed E-state index contributed by atoms with van der Waals surface area (Å²) in [6.45, 7) is 7.01. The molecule has 0 radical (unpaired) electrons. The molecule has 0 bridgehead atoms. The summed E-state index contributed by atoms with van der Waals surface area (Å²) in [6.07, 6.45) is 6.19. The summed E-state index contributed by atoms with van der Waals surface area (Å²) in [4.78, 5) is 0. The number of furan rings is 1. The van der Waals surface area contributed by atoms with Gasteiger partial charge < -0.3 is 14.5 Å². The fourth-order valence-corrected chi connectivity index (χ4v) is 1.64. The van der Waals surface area contributed by atoms with Crippen LogP contribution in [-0.4, -0.2) is 25.8 Å². The quantitative estimate of drug-likeness (QED) is 0.637. The van der Waals surface area contributed by atoms with Crippen molar-refractivity contribution < 1.29 is 9.15 Å². The predicted molar refractivity (Wildman–Crippen MR) is 70.2 cm³/mol. The average molecular weight is 239 g/mol. The van der Waals surface area contributed by atoms with Crippen LogP contribution in [0.1, 0.15) is 38.9 Å². The second-order valence-corrected chi connectivity index (χ2v) is 4.44. The van der Waals surface area contributed by atoms with Crippen LogP contribution < -0.4 is 5.32 Å². The van der Waals surface area contributed by atoms with Crippen molar-refractivity contribution in [3.63, 3.8) is 0 Å². The standard InChI is InChI=1S/C14H25NO2/c1-3-4-10-16-12-9-15-13(2)7-8-14-6-5-11-17-14/h5-6,11,13,15H,3-4,7-10,12H2,1-2H3. The van der Waals surface area contributed by atoms with E-state index in [0.29, 0.717) is 6.04 Å². The molecule has 98 valence electrons. The Bertz CT molecular complexity index is 259. The van der Waals surface area contributed by atoms with Crippen LogP contribution in [0.5, 0.6) is 0 Å². The molecule has 3 nitrogen and oxygen atoms in total. The summed E-state index contributed by atoms with van der Waals surface area (Å²) in [5.74, 6) is 1.07. The van der Waals surface area contributed by atoms with E-state index in [1.807, 2.05) is 12.1 Å². The molecule has 0 saturated carbocycles. The number of rotatable bonds is 10. The Balaban J connectivity index is 1.92. The fourth-order valence-electron chi connectivity index (χ4n) is 1.64. The lowest BCUT2D eigenvalue weighted by molar-refractivity contribution is 0.131. The summed E-state index contributed by atoms with van der Waals surface area (Å²) in [5.41, 5.74) is 0. The maximum Gasteiger partial charge on any atom is 0.103 e. The summed E-state index contributed by atoms with van der Waals surface area (Å²) in [7, 11) is 0. The highest BCUT2D eigenvalue weighted by atomic mass is 16.5. The van der Waals surface area contributed by atoms with Crippen LogP contribution in [0.2, 0.25) is 0 Å². The molecule has 1 unspecified atom stereocenters. The van der Waals surface area contributed by atoms with Crippen molar-refractivity contribution in [2.75, 3.05) is 19.8 Å². The van der Waals surface area contributed by atoms with Crippen molar-refractivity contribution >= 4 is 0 Å². The molecule has 1 N–H and O–H groups in total. The highest BCUT2D eigenvalue weighted by molar-refractivity contribution is 4.98. The van der Waals surface area contributed by atoms with Gasteiger partial charge in [-0.15, -0.1) is 0 Å². The molecule has 0 aromatic carbocycles. The van der Waals surface area contributed by atoms with Crippen LogP contribution in [0.15, 0.2) is 22.8 Å². The molecule has 1 atom stereocenters. The molecule has 1 rings (SSSR count). The largest absolute Gasteiger partial charge is 0.469 e. The Kier molecular flexibility index (Phi) is 7.76. The highest BCUT2D eigenvalue weighted by Crippen LogP contribution is 2.05. The summed E-state index contributed by atoms with van der Waals surface area (Å²) >= 11 is 0. The van der Waals surface area contributed by atoms with Crippen molar-refractivity contribution in [1.82, 2.24) is 5.32 Å². The first kappa shape index (κ1) is 14.3. The molecule has 0 spiro atoms. The zero-order valence-electron chi connectivity index (χ0n) is 11.1. The molecule has 17 heavy (non-hydrogen) atoms. The van der Waals surface area contributed by atoms with Gasteiger partial charge >= 0.3 is 0 Å².